The predicted molar refractivity (Wildman–Crippen MR) is 80.3 cm³/mol. The normalized spacial score (nSPS) is 26.6. The second-order valence-corrected chi connectivity index (χ2v) is 6.21. The molecular weight excluding hydrogens is 284 g/mol. The van der Waals surface area contributed by atoms with E-state index in [0.29, 0.717) is 6.04 Å². The van der Waals surface area contributed by atoms with E-state index in [1.807, 2.05) is 6.07 Å². The lowest BCUT2D eigenvalue weighted by Crippen LogP contribution is -2.49. The molecule has 2 unspecified atom stereocenters. The first-order valence-electron chi connectivity index (χ1n) is 8.06. The molecule has 0 aliphatic carbocycles. The van der Waals surface area contributed by atoms with Gasteiger partial charge in [0, 0.05) is 24.2 Å². The first kappa shape index (κ1) is 15.4. The minimum absolute atomic E-state index is 0.0421. The molecule has 0 spiro atoms. The molecule has 1 aromatic rings. The summed E-state index contributed by atoms with van der Waals surface area (Å²) in [5.41, 5.74) is 0.185. The van der Waals surface area contributed by atoms with Crippen LogP contribution in [0, 0.1) is 23.0 Å². The molecule has 1 aromatic carbocycles. The zero-order valence-electron chi connectivity index (χ0n) is 12.6. The van der Waals surface area contributed by atoms with Crippen LogP contribution in [0.2, 0.25) is 0 Å². The van der Waals surface area contributed by atoms with Gasteiger partial charge in [0.05, 0.1) is 11.6 Å². The summed E-state index contributed by atoms with van der Waals surface area (Å²) in [6.45, 7) is 2.79. The van der Waals surface area contributed by atoms with Gasteiger partial charge in [-0.2, -0.15) is 5.26 Å². The van der Waals surface area contributed by atoms with E-state index in [4.69, 9.17) is 5.26 Å². The SMILES string of the molecule is N#Cc1cc(F)c(C2CCCCN2C2CCCNC2)c(F)c1. The van der Waals surface area contributed by atoms with Gasteiger partial charge in [0.2, 0.25) is 0 Å². The molecule has 2 aliphatic heterocycles. The van der Waals surface area contributed by atoms with Crippen LogP contribution in [0.1, 0.15) is 49.3 Å². The first-order chi connectivity index (χ1) is 10.7. The second kappa shape index (κ2) is 6.72. The third-order valence-electron chi connectivity index (χ3n) is 4.83. The van der Waals surface area contributed by atoms with Gasteiger partial charge >= 0.3 is 0 Å². The molecule has 0 radical (unpaired) electrons. The Morgan fingerprint density at radius 3 is 2.55 bits per heavy atom. The molecule has 5 heteroatoms. The van der Waals surface area contributed by atoms with Gasteiger partial charge in [0.25, 0.3) is 0 Å². The Labute approximate surface area is 129 Å². The van der Waals surface area contributed by atoms with Gasteiger partial charge in [-0.05, 0) is 50.9 Å². The molecule has 0 bridgehead atoms. The number of piperidine rings is 2. The lowest BCUT2D eigenvalue weighted by Gasteiger charge is -2.43. The van der Waals surface area contributed by atoms with Crippen LogP contribution in [0.25, 0.3) is 0 Å². The number of hydrogen-bond acceptors (Lipinski definition) is 3. The number of hydrogen-bond donors (Lipinski definition) is 1. The van der Waals surface area contributed by atoms with Crippen molar-refractivity contribution < 1.29 is 8.78 Å². The molecule has 0 amide bonds. The average Bonchev–Trinajstić information content (AvgIpc) is 2.55. The molecule has 1 N–H and O–H groups in total. The van der Waals surface area contributed by atoms with Crippen LogP contribution >= 0.6 is 0 Å². The van der Waals surface area contributed by atoms with Crippen molar-refractivity contribution in [2.24, 2.45) is 0 Å². The van der Waals surface area contributed by atoms with Crippen molar-refractivity contribution in [1.29, 1.82) is 5.26 Å². The highest BCUT2D eigenvalue weighted by Crippen LogP contribution is 2.36. The van der Waals surface area contributed by atoms with Gasteiger partial charge in [-0.25, -0.2) is 8.78 Å². The van der Waals surface area contributed by atoms with Crippen LogP contribution in [0.15, 0.2) is 12.1 Å². The number of nitrogens with zero attached hydrogens (tertiary/aromatic N) is 2. The predicted octanol–water partition coefficient (Wildman–Crippen LogP) is 3.12. The van der Waals surface area contributed by atoms with Gasteiger partial charge in [0.15, 0.2) is 0 Å². The summed E-state index contributed by atoms with van der Waals surface area (Å²) in [6.07, 6.45) is 5.01. The van der Waals surface area contributed by atoms with Crippen molar-refractivity contribution in [3.05, 3.63) is 34.9 Å². The fourth-order valence-corrected chi connectivity index (χ4v) is 3.78. The quantitative estimate of drug-likeness (QED) is 0.912. The Morgan fingerprint density at radius 2 is 1.91 bits per heavy atom. The van der Waals surface area contributed by atoms with E-state index in [0.717, 1.165) is 63.9 Å². The summed E-state index contributed by atoms with van der Waals surface area (Å²) in [5.74, 6) is -1.17. The molecule has 2 atom stereocenters. The average molecular weight is 305 g/mol. The van der Waals surface area contributed by atoms with Crippen molar-refractivity contribution >= 4 is 0 Å². The van der Waals surface area contributed by atoms with Crippen molar-refractivity contribution in [2.75, 3.05) is 19.6 Å². The van der Waals surface area contributed by atoms with E-state index >= 15 is 0 Å². The standard InChI is InChI=1S/C17H21F2N3/c18-14-8-12(10-20)9-15(19)17(14)16-5-1-2-7-22(16)13-4-3-6-21-11-13/h8-9,13,16,21H,1-7,11H2. The van der Waals surface area contributed by atoms with E-state index in [1.54, 1.807) is 0 Å². The molecule has 3 nitrogen and oxygen atoms in total. The monoisotopic (exact) mass is 305 g/mol. The topological polar surface area (TPSA) is 39.1 Å². The highest BCUT2D eigenvalue weighted by atomic mass is 19.1. The van der Waals surface area contributed by atoms with Gasteiger partial charge in [0.1, 0.15) is 11.6 Å². The number of nitrogens with one attached hydrogen (secondary N) is 1. The minimum atomic E-state index is -0.586. The maximum Gasteiger partial charge on any atom is 0.132 e. The molecule has 3 rings (SSSR count). The summed E-state index contributed by atoms with van der Waals surface area (Å²) >= 11 is 0. The molecule has 2 saturated heterocycles. The molecule has 2 fully saturated rings. The molecule has 118 valence electrons. The van der Waals surface area contributed by atoms with Crippen LogP contribution in [0.3, 0.4) is 0 Å². The Bertz CT molecular complexity index is 553. The number of likely N-dealkylation sites (tertiary alicyclic amines) is 1. The molecule has 2 heterocycles. The third-order valence-corrected chi connectivity index (χ3v) is 4.83. The van der Waals surface area contributed by atoms with Gasteiger partial charge in [-0.1, -0.05) is 6.42 Å². The minimum Gasteiger partial charge on any atom is -0.315 e. The van der Waals surface area contributed by atoms with Crippen LogP contribution in [-0.2, 0) is 0 Å². The maximum atomic E-state index is 14.4. The Kier molecular flexibility index (Phi) is 4.70. The Hall–Kier alpha value is -1.51. The Morgan fingerprint density at radius 1 is 1.14 bits per heavy atom. The smallest absolute Gasteiger partial charge is 0.132 e. The summed E-state index contributed by atoms with van der Waals surface area (Å²) < 4.78 is 28.8. The summed E-state index contributed by atoms with van der Waals surface area (Å²) in [4.78, 5) is 2.27. The molecule has 0 saturated carbocycles. The number of benzene rings is 1. The lowest BCUT2D eigenvalue weighted by atomic mass is 9.90. The van der Waals surface area contributed by atoms with E-state index in [9.17, 15) is 8.78 Å². The number of rotatable bonds is 2. The van der Waals surface area contributed by atoms with Crippen LogP contribution in [0.4, 0.5) is 8.78 Å². The number of nitriles is 1. The fourth-order valence-electron chi connectivity index (χ4n) is 3.78. The van der Waals surface area contributed by atoms with Crippen molar-refractivity contribution in [2.45, 2.75) is 44.2 Å². The molecular formula is C17H21F2N3. The third kappa shape index (κ3) is 2.99. The molecule has 2 aliphatic rings. The first-order valence-corrected chi connectivity index (χ1v) is 8.06. The van der Waals surface area contributed by atoms with E-state index < -0.39 is 11.6 Å². The highest BCUT2D eigenvalue weighted by molar-refractivity contribution is 5.35. The van der Waals surface area contributed by atoms with Gasteiger partial charge in [-0.15, -0.1) is 0 Å². The van der Waals surface area contributed by atoms with E-state index in [-0.39, 0.29) is 17.2 Å². The van der Waals surface area contributed by atoms with E-state index in [2.05, 4.69) is 10.2 Å². The largest absolute Gasteiger partial charge is 0.315 e. The second-order valence-electron chi connectivity index (χ2n) is 6.21. The van der Waals surface area contributed by atoms with Crippen LogP contribution in [0.5, 0.6) is 0 Å². The van der Waals surface area contributed by atoms with E-state index in [1.165, 1.54) is 0 Å². The summed E-state index contributed by atoms with van der Waals surface area (Å²) in [5, 5.41) is 12.2. The van der Waals surface area contributed by atoms with Crippen molar-refractivity contribution in [3.63, 3.8) is 0 Å². The van der Waals surface area contributed by atoms with Crippen LogP contribution in [-0.4, -0.2) is 30.6 Å². The maximum absolute atomic E-state index is 14.4. The zero-order valence-corrected chi connectivity index (χ0v) is 12.6. The van der Waals surface area contributed by atoms with Crippen molar-refractivity contribution in [1.82, 2.24) is 10.2 Å². The van der Waals surface area contributed by atoms with Crippen LogP contribution < -0.4 is 5.32 Å². The van der Waals surface area contributed by atoms with Gasteiger partial charge in [-0.3, -0.25) is 4.90 Å². The lowest BCUT2D eigenvalue weighted by molar-refractivity contribution is 0.0749. The summed E-state index contributed by atoms with van der Waals surface area (Å²) in [6, 6.07) is 4.25. The van der Waals surface area contributed by atoms with Gasteiger partial charge < -0.3 is 5.32 Å². The number of halogens is 2. The molecule has 0 aromatic heterocycles. The fraction of sp³-hybridized carbons (Fsp3) is 0.588. The Balaban J connectivity index is 1.92. The van der Waals surface area contributed by atoms with Crippen molar-refractivity contribution in [3.8, 4) is 6.07 Å². The highest BCUT2D eigenvalue weighted by Gasteiger charge is 2.34. The zero-order chi connectivity index (χ0) is 15.5. The summed E-state index contributed by atoms with van der Waals surface area (Å²) in [7, 11) is 0. The molecule has 22 heavy (non-hydrogen) atoms.